The lowest BCUT2D eigenvalue weighted by Crippen LogP contribution is -2.36. The maximum atomic E-state index is 11.8. The van der Waals surface area contributed by atoms with E-state index in [1.165, 1.54) is 16.4 Å². The predicted molar refractivity (Wildman–Crippen MR) is 90.8 cm³/mol. The summed E-state index contributed by atoms with van der Waals surface area (Å²) in [4.78, 5) is 11.8. The van der Waals surface area contributed by atoms with Crippen LogP contribution >= 0.6 is 23.4 Å². The van der Waals surface area contributed by atoms with Crippen molar-refractivity contribution in [2.45, 2.75) is 18.1 Å². The quantitative estimate of drug-likeness (QED) is 0.578. The van der Waals surface area contributed by atoms with Gasteiger partial charge in [-0.3, -0.25) is 4.79 Å². The van der Waals surface area contributed by atoms with Crippen LogP contribution in [-0.4, -0.2) is 46.3 Å². The molecule has 0 aliphatic rings. The average Bonchev–Trinajstić information content (AvgIpc) is 2.86. The van der Waals surface area contributed by atoms with Crippen LogP contribution < -0.4 is 11.2 Å². The molecule has 0 fully saturated rings. The van der Waals surface area contributed by atoms with E-state index in [0.717, 1.165) is 5.56 Å². The zero-order valence-corrected chi connectivity index (χ0v) is 14.4. The van der Waals surface area contributed by atoms with Gasteiger partial charge in [-0.15, -0.1) is 10.2 Å². The molecule has 1 amide bonds. The molecular formula is C14H18ClN5O2S. The number of ether oxygens (including phenoxy) is 1. The van der Waals surface area contributed by atoms with Crippen molar-refractivity contribution < 1.29 is 9.53 Å². The fourth-order valence-corrected chi connectivity index (χ4v) is 2.80. The van der Waals surface area contributed by atoms with Gasteiger partial charge in [0.25, 0.3) is 0 Å². The molecule has 2 aromatic rings. The molecule has 1 heterocycles. The molecule has 23 heavy (non-hydrogen) atoms. The van der Waals surface area contributed by atoms with Gasteiger partial charge in [0.2, 0.25) is 11.1 Å². The lowest BCUT2D eigenvalue weighted by molar-refractivity contribution is -0.119. The standard InChI is InChI=1S/C14H18ClN5O2S/c1-9(7-22-2)17-12(21)8-23-14-19-18-13(20(14)16)10-4-3-5-11(15)6-10/h3-6,9H,7-8,16H2,1-2H3,(H,17,21). The normalized spacial score (nSPS) is 12.1. The SMILES string of the molecule is COCC(C)NC(=O)CSc1nnc(-c2cccc(Cl)c2)n1N. The summed E-state index contributed by atoms with van der Waals surface area (Å²) < 4.78 is 6.32. The van der Waals surface area contributed by atoms with E-state index in [-0.39, 0.29) is 17.7 Å². The molecule has 3 N–H and O–H groups in total. The number of carbonyl (C=O) groups excluding carboxylic acids is 1. The molecular weight excluding hydrogens is 338 g/mol. The van der Waals surface area contributed by atoms with Crippen molar-refractivity contribution in [1.29, 1.82) is 0 Å². The van der Waals surface area contributed by atoms with E-state index in [4.69, 9.17) is 22.2 Å². The zero-order valence-electron chi connectivity index (χ0n) is 12.8. The Bertz CT molecular complexity index is 679. The highest BCUT2D eigenvalue weighted by atomic mass is 35.5. The summed E-state index contributed by atoms with van der Waals surface area (Å²) in [5, 5.41) is 11.9. The maximum Gasteiger partial charge on any atom is 0.230 e. The maximum absolute atomic E-state index is 11.8. The van der Waals surface area contributed by atoms with Crippen molar-refractivity contribution in [3.63, 3.8) is 0 Å². The Kier molecular flexibility index (Phi) is 6.26. The van der Waals surface area contributed by atoms with E-state index in [2.05, 4.69) is 15.5 Å². The van der Waals surface area contributed by atoms with E-state index in [1.807, 2.05) is 19.1 Å². The number of nitrogens with zero attached hydrogens (tertiary/aromatic N) is 3. The van der Waals surface area contributed by atoms with Crippen LogP contribution in [0.1, 0.15) is 6.92 Å². The number of nitrogens with two attached hydrogens (primary N) is 1. The van der Waals surface area contributed by atoms with Gasteiger partial charge in [-0.1, -0.05) is 35.5 Å². The van der Waals surface area contributed by atoms with Crippen LogP contribution in [-0.2, 0) is 9.53 Å². The minimum Gasteiger partial charge on any atom is -0.383 e. The number of methoxy groups -OCH3 is 1. The topological polar surface area (TPSA) is 95.1 Å². The van der Waals surface area contributed by atoms with Crippen molar-refractivity contribution >= 4 is 29.3 Å². The highest BCUT2D eigenvalue weighted by Gasteiger charge is 2.14. The molecule has 0 saturated carbocycles. The number of carbonyl (C=O) groups is 1. The van der Waals surface area contributed by atoms with Crippen LogP contribution in [0.3, 0.4) is 0 Å². The van der Waals surface area contributed by atoms with E-state index < -0.39 is 0 Å². The number of thioether (sulfide) groups is 1. The smallest absolute Gasteiger partial charge is 0.230 e. The first-order valence-electron chi connectivity index (χ1n) is 6.88. The van der Waals surface area contributed by atoms with Crippen LogP contribution in [0.4, 0.5) is 0 Å². The van der Waals surface area contributed by atoms with Gasteiger partial charge >= 0.3 is 0 Å². The highest BCUT2D eigenvalue weighted by Crippen LogP contribution is 2.23. The summed E-state index contributed by atoms with van der Waals surface area (Å²) >= 11 is 7.18. The van der Waals surface area contributed by atoms with Crippen molar-refractivity contribution in [2.24, 2.45) is 0 Å². The minimum absolute atomic E-state index is 0.0501. The van der Waals surface area contributed by atoms with Crippen molar-refractivity contribution in [1.82, 2.24) is 20.2 Å². The third-order valence-electron chi connectivity index (χ3n) is 2.90. The number of aromatic nitrogens is 3. The Morgan fingerprint density at radius 3 is 3.00 bits per heavy atom. The van der Waals surface area contributed by atoms with E-state index in [0.29, 0.717) is 22.6 Å². The van der Waals surface area contributed by atoms with E-state index >= 15 is 0 Å². The van der Waals surface area contributed by atoms with Gasteiger partial charge in [-0.05, 0) is 19.1 Å². The Balaban J connectivity index is 1.99. The fourth-order valence-electron chi connectivity index (χ4n) is 1.94. The van der Waals surface area contributed by atoms with E-state index in [1.54, 1.807) is 19.2 Å². The molecule has 0 bridgehead atoms. The molecule has 1 aromatic carbocycles. The molecule has 0 spiro atoms. The molecule has 1 unspecified atom stereocenters. The molecule has 0 aliphatic carbocycles. The lowest BCUT2D eigenvalue weighted by Gasteiger charge is -2.12. The van der Waals surface area contributed by atoms with Crippen molar-refractivity contribution in [3.05, 3.63) is 29.3 Å². The Hall–Kier alpha value is -1.77. The number of halogens is 1. The summed E-state index contributed by atoms with van der Waals surface area (Å²) in [7, 11) is 1.59. The average molecular weight is 356 g/mol. The van der Waals surface area contributed by atoms with Gasteiger partial charge in [-0.25, -0.2) is 4.68 Å². The molecule has 1 atom stereocenters. The summed E-state index contributed by atoms with van der Waals surface area (Å²) in [6, 6.07) is 7.12. The molecule has 0 aliphatic heterocycles. The first-order valence-corrected chi connectivity index (χ1v) is 8.25. The number of hydrogen-bond acceptors (Lipinski definition) is 6. The second-order valence-corrected chi connectivity index (χ2v) is 6.28. The van der Waals surface area contributed by atoms with Gasteiger partial charge in [0.05, 0.1) is 12.4 Å². The fraction of sp³-hybridized carbons (Fsp3) is 0.357. The number of nitrogen functional groups attached to an aromatic ring is 1. The highest BCUT2D eigenvalue weighted by molar-refractivity contribution is 7.99. The molecule has 7 nitrogen and oxygen atoms in total. The first kappa shape index (κ1) is 17.6. The Morgan fingerprint density at radius 2 is 2.30 bits per heavy atom. The molecule has 124 valence electrons. The summed E-state index contributed by atoms with van der Waals surface area (Å²) in [6.07, 6.45) is 0. The molecule has 0 radical (unpaired) electrons. The number of amides is 1. The third-order valence-corrected chi connectivity index (χ3v) is 4.08. The largest absolute Gasteiger partial charge is 0.383 e. The van der Waals surface area contributed by atoms with Gasteiger partial charge in [0, 0.05) is 23.7 Å². The number of rotatable bonds is 7. The summed E-state index contributed by atoms with van der Waals surface area (Å²) in [5.41, 5.74) is 0.762. The van der Waals surface area contributed by atoms with Crippen LogP contribution in [0, 0.1) is 0 Å². The molecule has 1 aromatic heterocycles. The van der Waals surface area contributed by atoms with Gasteiger partial charge < -0.3 is 15.9 Å². The van der Waals surface area contributed by atoms with Crippen LogP contribution in [0.5, 0.6) is 0 Å². The molecule has 9 heteroatoms. The first-order chi connectivity index (χ1) is 11.0. The van der Waals surface area contributed by atoms with E-state index in [9.17, 15) is 4.79 Å². The van der Waals surface area contributed by atoms with Crippen molar-refractivity contribution in [2.75, 3.05) is 25.3 Å². The van der Waals surface area contributed by atoms with Crippen LogP contribution in [0.15, 0.2) is 29.4 Å². The third kappa shape index (κ3) is 4.85. The van der Waals surface area contributed by atoms with Gasteiger partial charge in [0.1, 0.15) is 0 Å². The zero-order chi connectivity index (χ0) is 16.8. The summed E-state index contributed by atoms with van der Waals surface area (Å²) in [6.45, 7) is 2.33. The number of hydrogen-bond donors (Lipinski definition) is 2. The monoisotopic (exact) mass is 355 g/mol. The van der Waals surface area contributed by atoms with Crippen LogP contribution in [0.25, 0.3) is 11.4 Å². The Morgan fingerprint density at radius 1 is 1.52 bits per heavy atom. The molecule has 2 rings (SSSR count). The number of benzene rings is 1. The minimum atomic E-state index is -0.119. The molecule has 0 saturated heterocycles. The van der Waals surface area contributed by atoms with Gasteiger partial charge in [-0.2, -0.15) is 0 Å². The second-order valence-electron chi connectivity index (χ2n) is 4.90. The van der Waals surface area contributed by atoms with Crippen molar-refractivity contribution in [3.8, 4) is 11.4 Å². The second kappa shape index (κ2) is 8.19. The summed E-state index contributed by atoms with van der Waals surface area (Å²) in [5.74, 6) is 6.56. The Labute approximate surface area is 143 Å². The number of nitrogens with one attached hydrogen (secondary N) is 1. The predicted octanol–water partition coefficient (Wildman–Crippen LogP) is 1.56. The van der Waals surface area contributed by atoms with Gasteiger partial charge in [0.15, 0.2) is 5.82 Å². The lowest BCUT2D eigenvalue weighted by atomic mass is 10.2. The van der Waals surface area contributed by atoms with Crippen LogP contribution in [0.2, 0.25) is 5.02 Å².